The fourth-order valence-electron chi connectivity index (χ4n) is 4.52. The molecular weight excluding hydrogens is 645 g/mol. The molecule has 0 aliphatic rings. The van der Waals surface area contributed by atoms with Gasteiger partial charge in [-0.2, -0.15) is 0 Å². The third kappa shape index (κ3) is 8.91. The lowest BCUT2D eigenvalue weighted by Gasteiger charge is -1.99. The fraction of sp³-hybridized carbons (Fsp3) is 0.0769. The summed E-state index contributed by atoms with van der Waals surface area (Å²) < 4.78 is 5.32. The summed E-state index contributed by atoms with van der Waals surface area (Å²) >= 11 is 9.07. The van der Waals surface area contributed by atoms with Gasteiger partial charge in [-0.05, 0) is 140 Å². The predicted molar refractivity (Wildman–Crippen MR) is 209 cm³/mol. The summed E-state index contributed by atoms with van der Waals surface area (Å²) in [5.41, 5.74) is 2.35. The number of ether oxygens (including phenoxy) is 1. The van der Waals surface area contributed by atoms with Crippen molar-refractivity contribution < 1.29 is 4.74 Å². The standard InChI is InChI=1S/C39H32OS5/c1-27-4-12-32(41-27)14-16-34-18-19-36(43-34)22-23-38-26-30(9-6-29-7-10-31(40-3)11-8-29)39(45-38)25-24-37-21-20-35(44-37)17-15-33-13-5-28(2)42-33/h4-26H,1-3H3/b9-6+,16-14+,17-15+,23-22+,25-24+. The first-order valence-electron chi connectivity index (χ1n) is 14.5. The molecule has 45 heavy (non-hydrogen) atoms. The summed E-state index contributed by atoms with van der Waals surface area (Å²) in [5, 5.41) is 0. The quantitative estimate of drug-likeness (QED) is 0.133. The highest BCUT2D eigenvalue weighted by molar-refractivity contribution is 7.16. The molecule has 5 heterocycles. The van der Waals surface area contributed by atoms with Gasteiger partial charge in [-0.25, -0.2) is 0 Å². The van der Waals surface area contributed by atoms with Gasteiger partial charge in [0.25, 0.3) is 0 Å². The van der Waals surface area contributed by atoms with E-state index < -0.39 is 0 Å². The van der Waals surface area contributed by atoms with Crippen LogP contribution in [0.1, 0.15) is 59.9 Å². The maximum atomic E-state index is 5.32. The summed E-state index contributed by atoms with van der Waals surface area (Å²) in [6.07, 6.45) is 22.1. The maximum Gasteiger partial charge on any atom is 0.118 e. The normalized spacial score (nSPS) is 12.3. The first kappa shape index (κ1) is 31.2. The Morgan fingerprint density at radius 1 is 0.422 bits per heavy atom. The molecule has 1 nitrogen and oxygen atoms in total. The summed E-state index contributed by atoms with van der Waals surface area (Å²) in [4.78, 5) is 12.7. The van der Waals surface area contributed by atoms with Crippen molar-refractivity contribution in [2.45, 2.75) is 13.8 Å². The van der Waals surface area contributed by atoms with Crippen LogP contribution in [0.3, 0.4) is 0 Å². The van der Waals surface area contributed by atoms with Crippen LogP contribution in [0.5, 0.6) is 5.75 Å². The van der Waals surface area contributed by atoms with Crippen molar-refractivity contribution in [3.63, 3.8) is 0 Å². The Bertz CT molecular complexity index is 2010. The second-order valence-electron chi connectivity index (χ2n) is 10.3. The summed E-state index contributed by atoms with van der Waals surface area (Å²) in [7, 11) is 1.70. The van der Waals surface area contributed by atoms with Crippen LogP contribution in [0.15, 0.2) is 78.9 Å². The molecule has 0 amide bonds. The van der Waals surface area contributed by atoms with Gasteiger partial charge in [0.1, 0.15) is 5.75 Å². The zero-order valence-corrected chi connectivity index (χ0v) is 29.3. The van der Waals surface area contributed by atoms with Crippen molar-refractivity contribution >= 4 is 117 Å². The fourth-order valence-corrected chi connectivity index (χ4v) is 8.66. The molecule has 6 aromatic rings. The first-order valence-corrected chi connectivity index (χ1v) is 18.6. The zero-order chi connectivity index (χ0) is 31.0. The van der Waals surface area contributed by atoms with E-state index in [1.54, 1.807) is 18.4 Å². The smallest absolute Gasteiger partial charge is 0.118 e. The van der Waals surface area contributed by atoms with Gasteiger partial charge in [-0.1, -0.05) is 24.3 Å². The van der Waals surface area contributed by atoms with Gasteiger partial charge in [-0.3, -0.25) is 0 Å². The van der Waals surface area contributed by atoms with Gasteiger partial charge in [-0.15, -0.1) is 56.7 Å². The molecule has 0 N–H and O–H groups in total. The Morgan fingerprint density at radius 3 is 1.33 bits per heavy atom. The van der Waals surface area contributed by atoms with Crippen LogP contribution < -0.4 is 4.74 Å². The summed E-state index contributed by atoms with van der Waals surface area (Å²) in [5.74, 6) is 0.864. The molecule has 6 heteroatoms. The van der Waals surface area contributed by atoms with Crippen molar-refractivity contribution in [2.24, 2.45) is 0 Å². The second kappa shape index (κ2) is 15.0. The van der Waals surface area contributed by atoms with Gasteiger partial charge in [0, 0.05) is 48.8 Å². The Hall–Kier alpha value is -3.78. The molecule has 0 saturated heterocycles. The van der Waals surface area contributed by atoms with Gasteiger partial charge < -0.3 is 4.74 Å². The van der Waals surface area contributed by atoms with Crippen molar-refractivity contribution in [1.82, 2.24) is 0 Å². The van der Waals surface area contributed by atoms with Crippen LogP contribution in [0.2, 0.25) is 0 Å². The molecule has 224 valence electrons. The minimum absolute atomic E-state index is 0.864. The van der Waals surface area contributed by atoms with Crippen LogP contribution in [-0.4, -0.2) is 7.11 Å². The highest BCUT2D eigenvalue weighted by atomic mass is 32.1. The highest BCUT2D eigenvalue weighted by Gasteiger charge is 2.05. The maximum absolute atomic E-state index is 5.32. The predicted octanol–water partition coefficient (Wildman–Crippen LogP) is 13.5. The SMILES string of the molecule is COc1ccc(/C=C/c2cc(/C=C/c3ccc(/C=C/c4ccc(C)s4)s3)sc2/C=C/c2ccc(/C=C/c3ccc(C)s3)s2)cc1. The van der Waals surface area contributed by atoms with Gasteiger partial charge in [0.05, 0.1) is 7.11 Å². The molecule has 5 aromatic heterocycles. The number of hydrogen-bond donors (Lipinski definition) is 0. The third-order valence-electron chi connectivity index (χ3n) is 6.83. The van der Waals surface area contributed by atoms with Crippen LogP contribution in [0.4, 0.5) is 0 Å². The van der Waals surface area contributed by atoms with E-state index in [9.17, 15) is 0 Å². The largest absolute Gasteiger partial charge is 0.497 e. The molecule has 0 bridgehead atoms. The highest BCUT2D eigenvalue weighted by Crippen LogP contribution is 2.31. The van der Waals surface area contributed by atoms with Crippen LogP contribution in [0.25, 0.3) is 60.8 Å². The Balaban J connectivity index is 1.20. The summed E-state index contributed by atoms with van der Waals surface area (Å²) in [6, 6.07) is 27.9. The molecule has 0 atom stereocenters. The van der Waals surface area contributed by atoms with E-state index in [1.165, 1.54) is 54.3 Å². The Labute approximate surface area is 285 Å². The molecule has 1 aromatic carbocycles. The van der Waals surface area contributed by atoms with E-state index in [-0.39, 0.29) is 0 Å². The lowest BCUT2D eigenvalue weighted by atomic mass is 10.1. The van der Waals surface area contributed by atoms with E-state index >= 15 is 0 Å². The lowest BCUT2D eigenvalue weighted by molar-refractivity contribution is 0.415. The number of methoxy groups -OCH3 is 1. The van der Waals surface area contributed by atoms with Crippen molar-refractivity contribution in [2.75, 3.05) is 7.11 Å². The summed E-state index contributed by atoms with van der Waals surface area (Å²) in [6.45, 7) is 4.29. The zero-order valence-electron chi connectivity index (χ0n) is 25.2. The van der Waals surface area contributed by atoms with Gasteiger partial charge in [0.2, 0.25) is 0 Å². The molecule has 0 unspecified atom stereocenters. The van der Waals surface area contributed by atoms with Crippen LogP contribution in [-0.2, 0) is 0 Å². The van der Waals surface area contributed by atoms with Crippen molar-refractivity contribution in [3.05, 3.63) is 139 Å². The number of benzene rings is 1. The van der Waals surface area contributed by atoms with Gasteiger partial charge >= 0.3 is 0 Å². The van der Waals surface area contributed by atoms with E-state index in [4.69, 9.17) is 4.74 Å². The third-order valence-corrected chi connectivity index (χ3v) is 11.9. The van der Waals surface area contributed by atoms with Crippen LogP contribution >= 0.6 is 56.7 Å². The molecular formula is C39H32OS5. The van der Waals surface area contributed by atoms with E-state index in [1.807, 2.05) is 57.5 Å². The second-order valence-corrected chi connectivity index (χ2v) is 16.3. The van der Waals surface area contributed by atoms with E-state index in [0.717, 1.165) is 11.3 Å². The minimum atomic E-state index is 0.864. The number of rotatable bonds is 11. The number of hydrogen-bond acceptors (Lipinski definition) is 6. The Kier molecular flexibility index (Phi) is 10.4. The Morgan fingerprint density at radius 2 is 0.867 bits per heavy atom. The number of thiophene rings is 5. The first-order chi connectivity index (χ1) is 22.0. The lowest BCUT2D eigenvalue weighted by Crippen LogP contribution is -1.81. The van der Waals surface area contributed by atoms with Gasteiger partial charge in [0.15, 0.2) is 0 Å². The average Bonchev–Trinajstić information content (AvgIpc) is 3.89. The van der Waals surface area contributed by atoms with E-state index in [0.29, 0.717) is 0 Å². The molecule has 0 aliphatic heterocycles. The molecule has 0 fully saturated rings. The topological polar surface area (TPSA) is 9.23 Å². The van der Waals surface area contributed by atoms with Crippen molar-refractivity contribution in [1.29, 1.82) is 0 Å². The molecule has 6 rings (SSSR count). The van der Waals surface area contributed by atoms with Crippen molar-refractivity contribution in [3.8, 4) is 5.75 Å². The minimum Gasteiger partial charge on any atom is -0.497 e. The monoisotopic (exact) mass is 676 g/mol. The average molecular weight is 677 g/mol. The molecule has 0 spiro atoms. The molecule has 0 aliphatic carbocycles. The molecule has 0 radical (unpaired) electrons. The van der Waals surface area contributed by atoms with Crippen LogP contribution in [0, 0.1) is 13.8 Å². The number of aryl methyl sites for hydroxylation is 2. The van der Waals surface area contributed by atoms with E-state index in [2.05, 4.69) is 141 Å². The molecule has 0 saturated carbocycles.